The Balaban J connectivity index is -0.0000000221. The Labute approximate surface area is 121 Å². The van der Waals surface area contributed by atoms with Gasteiger partial charge in [-0.3, -0.25) is 0 Å². The molecule has 0 saturated heterocycles. The van der Waals surface area contributed by atoms with E-state index in [-0.39, 0.29) is 62.0 Å². The Morgan fingerprint density at radius 1 is 0.647 bits per heavy atom. The summed E-state index contributed by atoms with van der Waals surface area (Å²) >= 11 is 0. The normalized spacial score (nSPS) is 6.00. The molecule has 0 fully saturated rings. The van der Waals surface area contributed by atoms with E-state index in [4.69, 9.17) is 26.2 Å². The van der Waals surface area contributed by atoms with Crippen LogP contribution in [0.3, 0.4) is 0 Å². The maximum Gasteiger partial charge on any atom is 5.00 e. The summed E-state index contributed by atoms with van der Waals surface area (Å²) in [5, 5.41) is 44.9. The maximum atomic E-state index is 9.17. The van der Waals surface area contributed by atoms with Crippen molar-refractivity contribution in [1.82, 2.24) is 0 Å². The van der Waals surface area contributed by atoms with Gasteiger partial charge >= 0.3 is 22.4 Å². The summed E-state index contributed by atoms with van der Waals surface area (Å²) in [4.78, 5) is 0. The van der Waals surface area contributed by atoms with Gasteiger partial charge in [-0.25, -0.2) is 0 Å². The van der Waals surface area contributed by atoms with Gasteiger partial charge in [0.2, 0.25) is 0 Å². The monoisotopic (exact) mass is 333 g/mol. The van der Waals surface area contributed by atoms with Gasteiger partial charge in [-0.15, -0.1) is 33.0 Å². The maximum absolute atomic E-state index is 9.17. The predicted octanol–water partition coefficient (Wildman–Crippen LogP) is -4.23. The van der Waals surface area contributed by atoms with Crippen LogP contribution in [-0.2, 0) is 22.4 Å². The quantitative estimate of drug-likeness (QED) is 0.482. The average molecular weight is 333 g/mol. The zero-order chi connectivity index (χ0) is 14.2. The van der Waals surface area contributed by atoms with Gasteiger partial charge in [-0.05, 0) is 6.54 Å². The Morgan fingerprint density at radius 3 is 0.706 bits per heavy atom. The van der Waals surface area contributed by atoms with E-state index in [1.807, 2.05) is 0 Å². The molecule has 0 bridgehead atoms. The minimum atomic E-state index is -0.153. The first-order valence-electron chi connectivity index (χ1n) is 5.18. The number of hydrogen-bond donors (Lipinski definition) is 1. The molecule has 7 heteroatoms. The van der Waals surface area contributed by atoms with E-state index in [0.717, 1.165) is 0 Å². The van der Waals surface area contributed by atoms with Crippen LogP contribution in [0.15, 0.2) is 0 Å². The van der Waals surface area contributed by atoms with Crippen LogP contribution < -0.4 is 31.3 Å². The van der Waals surface area contributed by atoms with E-state index >= 15 is 0 Å². The second kappa shape index (κ2) is 93.8. The molecule has 0 heterocycles. The van der Waals surface area contributed by atoms with Crippen molar-refractivity contribution >= 4 is 0 Å². The van der Waals surface area contributed by atoms with Crippen molar-refractivity contribution in [2.45, 2.75) is 27.7 Å². The van der Waals surface area contributed by atoms with E-state index in [0.29, 0.717) is 0 Å². The molecule has 0 aliphatic heterocycles. The molecule has 0 aromatic heterocycles. The third kappa shape index (κ3) is 1540. The molecule has 17 heavy (non-hydrogen) atoms. The first-order valence-corrected chi connectivity index (χ1v) is 5.18. The first-order chi connectivity index (χ1) is 7.57. The van der Waals surface area contributed by atoms with Gasteiger partial charge < -0.3 is 31.3 Å². The fraction of sp³-hybridized carbons (Fsp3) is 1.00. The molecule has 0 amide bonds. The van der Waals surface area contributed by atoms with Gasteiger partial charge in [-0.1, -0.05) is 27.7 Å². The molecule has 2 N–H and O–H groups in total. The largest absolute Gasteiger partial charge is 5.00 e. The van der Waals surface area contributed by atoms with E-state index in [1.54, 1.807) is 27.7 Å². The minimum Gasteiger partial charge on any atom is -0.855 e. The summed E-state index contributed by atoms with van der Waals surface area (Å²) in [5.41, 5.74) is 4.72. The molecule has 6 nitrogen and oxygen atoms in total. The predicted molar refractivity (Wildman–Crippen MR) is 56.1 cm³/mol. The zero-order valence-corrected chi connectivity index (χ0v) is 13.5. The van der Waals surface area contributed by atoms with Crippen LogP contribution in [0.2, 0.25) is 0 Å². The standard InChI is InChI=1S/C2H6NO.4C2H5O.Nb/c3-1-2-4;4*1-2-3;/h1-3H2;4*2H2,1H3;/q5*-1;+5. The minimum absolute atomic E-state index is 0. The SMILES string of the molecule is CC[O-].CC[O-].CC[O-].CC[O-].NCC[O-].[Nb+5]. The first kappa shape index (κ1) is 36.0. The van der Waals surface area contributed by atoms with Gasteiger partial charge in [-0.2, -0.15) is 0 Å². The molecule has 0 rings (SSSR count). The van der Waals surface area contributed by atoms with Crippen LogP contribution in [0.1, 0.15) is 27.7 Å². The van der Waals surface area contributed by atoms with Crippen molar-refractivity contribution in [3.8, 4) is 0 Å². The molecule has 0 aromatic rings. The van der Waals surface area contributed by atoms with E-state index in [1.165, 1.54) is 0 Å². The smallest absolute Gasteiger partial charge is 0.855 e. The molecular weight excluding hydrogens is 307 g/mol. The molecule has 0 atom stereocenters. The number of nitrogens with two attached hydrogens (primary N) is 1. The van der Waals surface area contributed by atoms with E-state index in [9.17, 15) is 5.11 Å². The van der Waals surface area contributed by atoms with Gasteiger partial charge in [0, 0.05) is 0 Å². The van der Waals surface area contributed by atoms with Crippen molar-refractivity contribution in [3.63, 3.8) is 0 Å². The molecule has 0 unspecified atom stereocenters. The second-order valence-electron chi connectivity index (χ2n) is 1.65. The molecule has 0 aliphatic carbocycles. The third-order valence-corrected chi connectivity index (χ3v) is 0.118. The fourth-order valence-electron chi connectivity index (χ4n) is 0. The van der Waals surface area contributed by atoms with E-state index in [2.05, 4.69) is 0 Å². The van der Waals surface area contributed by atoms with Crippen LogP contribution >= 0.6 is 0 Å². The summed E-state index contributed by atoms with van der Waals surface area (Å²) in [6.45, 7) is 6.39. The average Bonchev–Trinajstić information content (AvgIpc) is 2.22. The second-order valence-corrected chi connectivity index (χ2v) is 1.65. The van der Waals surface area contributed by atoms with Gasteiger partial charge in [0.15, 0.2) is 0 Å². The summed E-state index contributed by atoms with van der Waals surface area (Å²) in [7, 11) is 0. The van der Waals surface area contributed by atoms with Crippen LogP contribution in [0.25, 0.3) is 0 Å². The van der Waals surface area contributed by atoms with Gasteiger partial charge in [0.25, 0.3) is 0 Å². The van der Waals surface area contributed by atoms with Crippen LogP contribution in [0, 0.1) is 0 Å². The zero-order valence-electron chi connectivity index (χ0n) is 11.3. The molecule has 0 spiro atoms. The summed E-state index contributed by atoms with van der Waals surface area (Å²) < 4.78 is 0. The fourth-order valence-corrected chi connectivity index (χ4v) is 0. The molecule has 0 radical (unpaired) electrons. The van der Waals surface area contributed by atoms with Crippen molar-refractivity contribution in [2.75, 3.05) is 39.6 Å². The van der Waals surface area contributed by atoms with Gasteiger partial charge in [0.1, 0.15) is 0 Å². The van der Waals surface area contributed by atoms with Gasteiger partial charge in [0.05, 0.1) is 0 Å². The van der Waals surface area contributed by atoms with Crippen LogP contribution in [0.4, 0.5) is 0 Å². The number of hydrogen-bond acceptors (Lipinski definition) is 6. The van der Waals surface area contributed by atoms with Crippen LogP contribution in [-0.4, -0.2) is 39.6 Å². The Kier molecular flexibility index (Phi) is 199. The molecule has 0 saturated carbocycles. The Bertz CT molecular complexity index is 45.7. The molecule has 0 aromatic carbocycles. The molecule has 0 aliphatic rings. The Hall–Kier alpha value is 0.500. The van der Waals surface area contributed by atoms with E-state index < -0.39 is 0 Å². The summed E-state index contributed by atoms with van der Waals surface area (Å²) in [6.07, 6.45) is 0. The van der Waals surface area contributed by atoms with Crippen molar-refractivity contribution in [1.29, 1.82) is 0 Å². The van der Waals surface area contributed by atoms with Crippen molar-refractivity contribution in [2.24, 2.45) is 5.73 Å². The van der Waals surface area contributed by atoms with Crippen LogP contribution in [0.5, 0.6) is 0 Å². The Morgan fingerprint density at radius 2 is 0.706 bits per heavy atom. The molecule has 106 valence electrons. The molecular formula is C10H26NNbO5. The summed E-state index contributed by atoms with van der Waals surface area (Å²) in [6, 6.07) is 0. The van der Waals surface area contributed by atoms with Crippen molar-refractivity contribution in [3.05, 3.63) is 0 Å². The van der Waals surface area contributed by atoms with Crippen molar-refractivity contribution < 1.29 is 47.9 Å². The third-order valence-electron chi connectivity index (χ3n) is 0.118. The number of rotatable bonds is 1. The summed E-state index contributed by atoms with van der Waals surface area (Å²) in [5.74, 6) is 0. The topological polar surface area (TPSA) is 141 Å².